The smallest absolute Gasteiger partial charge is 0.256 e. The van der Waals surface area contributed by atoms with Gasteiger partial charge in [-0.25, -0.2) is 35.9 Å². The highest BCUT2D eigenvalue weighted by atomic mass is 32.2. The van der Waals surface area contributed by atoms with E-state index < -0.39 is 60.8 Å². The number of carbonyl (C=O) groups is 2. The van der Waals surface area contributed by atoms with Crippen LogP contribution in [0.5, 0.6) is 0 Å². The van der Waals surface area contributed by atoms with Crippen molar-refractivity contribution in [3.8, 4) is 33.9 Å². The molecule has 0 radical (unpaired) electrons. The fourth-order valence-electron chi connectivity index (χ4n) is 8.23. The van der Waals surface area contributed by atoms with Crippen molar-refractivity contribution < 1.29 is 35.6 Å². The van der Waals surface area contributed by atoms with Crippen LogP contribution in [-0.4, -0.2) is 108 Å². The van der Waals surface area contributed by atoms with Crippen molar-refractivity contribution in [3.05, 3.63) is 163 Å². The SMILES string of the molecule is CCCNC(=O)c1ccc(C)c(-c2nc(N(C)CCCN(C)C)nc3c2ccc(=O)n3-c2c(F)cccc2F)c1.CCCNC(=O)c1ccc(C)c(-c2nc(S(C)(=O)=O)nc3c2ccc(=O)n3-c2c(F)cccc2F)c1. The number of nitrogens with zero attached hydrogens (tertiary/aromatic N) is 8. The van der Waals surface area contributed by atoms with Gasteiger partial charge >= 0.3 is 0 Å². The van der Waals surface area contributed by atoms with Gasteiger partial charge in [0.2, 0.25) is 20.9 Å². The number of aromatic nitrogens is 6. The van der Waals surface area contributed by atoms with Crippen LogP contribution in [0, 0.1) is 37.1 Å². The van der Waals surface area contributed by atoms with Crippen LogP contribution in [-0.2, 0) is 9.84 Å². The van der Waals surface area contributed by atoms with Crippen molar-refractivity contribution in [2.45, 2.75) is 52.1 Å². The van der Waals surface area contributed by atoms with E-state index in [1.165, 1.54) is 18.2 Å². The fraction of sp³-hybridized carbons (Fsp3) is 0.273. The molecular formula is C55H56F4N10O6S. The molecule has 4 aromatic heterocycles. The van der Waals surface area contributed by atoms with Gasteiger partial charge in [0.25, 0.3) is 22.9 Å². The van der Waals surface area contributed by atoms with Crippen molar-refractivity contribution in [2.75, 3.05) is 58.5 Å². The van der Waals surface area contributed by atoms with E-state index in [1.807, 2.05) is 52.9 Å². The highest BCUT2D eigenvalue weighted by Gasteiger charge is 2.25. The summed E-state index contributed by atoms with van der Waals surface area (Å²) in [6.07, 6.45) is 3.24. The van der Waals surface area contributed by atoms with E-state index in [0.29, 0.717) is 63.1 Å². The number of hydrogen-bond acceptors (Lipinski definition) is 12. The summed E-state index contributed by atoms with van der Waals surface area (Å²) >= 11 is 0. The maximum Gasteiger partial charge on any atom is 0.256 e. The zero-order valence-electron chi connectivity index (χ0n) is 43.1. The zero-order valence-corrected chi connectivity index (χ0v) is 44.0. The molecule has 0 bridgehead atoms. The Kier molecular flexibility index (Phi) is 17.2. The molecule has 4 heterocycles. The van der Waals surface area contributed by atoms with E-state index in [0.717, 1.165) is 78.6 Å². The van der Waals surface area contributed by atoms with Gasteiger partial charge in [0.05, 0.1) is 11.4 Å². The molecule has 8 aromatic rings. The van der Waals surface area contributed by atoms with Gasteiger partial charge in [0.15, 0.2) is 11.3 Å². The Morgan fingerprint density at radius 2 is 1.03 bits per heavy atom. The molecular weight excluding hydrogens is 1000 g/mol. The number of halogens is 4. The van der Waals surface area contributed by atoms with Crippen LogP contribution in [0.2, 0.25) is 0 Å². The molecule has 8 rings (SSSR count). The second-order valence-electron chi connectivity index (χ2n) is 18.3. The Hall–Kier alpha value is -8.17. The minimum absolute atomic E-state index is 0.0659. The standard InChI is InChI=1S/C30H34F2N6O2.C25H22F2N4O4S/c1-6-15-33-29(40)20-12-11-19(2)22(18-20)26-21-13-14-25(39)38(27-23(31)9-7-10-24(27)32)28(21)35-30(34-26)37(5)17-8-16-36(3)4;1-4-12-28-24(33)15-9-8-14(2)17(13-15)21-16-10-11-20(32)31(22-18(26)6-5-7-19(22)27)23(16)30-25(29-21)36(3,34)35/h7,9-14,18H,6,8,15-17H2,1-5H3,(H,33,40);5-11,13H,4,12H2,1-3H3,(H,28,33). The number of amides is 2. The van der Waals surface area contributed by atoms with E-state index in [1.54, 1.807) is 43.3 Å². The number of benzene rings is 4. The summed E-state index contributed by atoms with van der Waals surface area (Å²) in [5, 5.41) is 5.60. The molecule has 396 valence electrons. The molecule has 0 saturated carbocycles. The molecule has 0 atom stereocenters. The minimum Gasteiger partial charge on any atom is -0.352 e. The van der Waals surface area contributed by atoms with Gasteiger partial charge in [0, 0.05) is 78.1 Å². The van der Waals surface area contributed by atoms with Crippen LogP contribution in [0.25, 0.3) is 56.0 Å². The first-order valence-electron chi connectivity index (χ1n) is 24.3. The van der Waals surface area contributed by atoms with Crippen LogP contribution in [0.15, 0.2) is 112 Å². The summed E-state index contributed by atoms with van der Waals surface area (Å²) in [5.41, 5.74) is 0.963. The number of anilines is 1. The second kappa shape index (κ2) is 23.6. The molecule has 0 aliphatic heterocycles. The lowest BCUT2D eigenvalue weighted by atomic mass is 9.99. The highest BCUT2D eigenvalue weighted by Crippen LogP contribution is 2.34. The van der Waals surface area contributed by atoms with Crippen molar-refractivity contribution in [1.82, 2.24) is 44.6 Å². The summed E-state index contributed by atoms with van der Waals surface area (Å²) in [7, 11) is 1.79. The molecule has 2 N–H and O–H groups in total. The van der Waals surface area contributed by atoms with E-state index >= 15 is 0 Å². The summed E-state index contributed by atoms with van der Waals surface area (Å²) < 4.78 is 86.0. The Bertz CT molecular complexity index is 3740. The van der Waals surface area contributed by atoms with E-state index in [2.05, 4.69) is 30.5 Å². The number of carbonyl (C=O) groups excluding carboxylic acids is 2. The lowest BCUT2D eigenvalue weighted by Gasteiger charge is -2.21. The average molecular weight is 1060 g/mol. The summed E-state index contributed by atoms with van der Waals surface area (Å²) in [6, 6.07) is 22.0. The molecule has 0 fully saturated rings. The molecule has 0 aliphatic rings. The number of fused-ring (bicyclic) bond motifs is 2. The molecule has 4 aromatic carbocycles. The first-order chi connectivity index (χ1) is 36.1. The number of rotatable bonds is 16. The predicted molar refractivity (Wildman–Crippen MR) is 285 cm³/mol. The third-order valence-corrected chi connectivity index (χ3v) is 13.0. The van der Waals surface area contributed by atoms with Crippen molar-refractivity contribution >= 4 is 49.7 Å². The topological polar surface area (TPSA) is 194 Å². The second-order valence-corrected chi connectivity index (χ2v) is 20.2. The Labute approximate surface area is 436 Å². The average Bonchev–Trinajstić information content (AvgIpc) is 3.42. The number of nitrogens with one attached hydrogen (secondary N) is 2. The largest absolute Gasteiger partial charge is 0.352 e. The van der Waals surface area contributed by atoms with Gasteiger partial charge in [-0.05, 0) is 126 Å². The van der Waals surface area contributed by atoms with E-state index in [4.69, 9.17) is 4.98 Å². The summed E-state index contributed by atoms with van der Waals surface area (Å²) in [5.74, 6) is -4.09. The maximum atomic E-state index is 15.0. The molecule has 0 aliphatic carbocycles. The van der Waals surface area contributed by atoms with Crippen molar-refractivity contribution in [1.29, 1.82) is 0 Å². The Morgan fingerprint density at radius 3 is 1.45 bits per heavy atom. The highest BCUT2D eigenvalue weighted by molar-refractivity contribution is 7.90. The first-order valence-corrected chi connectivity index (χ1v) is 26.1. The maximum absolute atomic E-state index is 15.0. The number of sulfone groups is 1. The zero-order chi connectivity index (χ0) is 55.2. The van der Waals surface area contributed by atoms with Gasteiger partial charge in [-0.15, -0.1) is 0 Å². The van der Waals surface area contributed by atoms with E-state index in [-0.39, 0.29) is 40.1 Å². The van der Waals surface area contributed by atoms with Gasteiger partial charge in [-0.2, -0.15) is 9.97 Å². The monoisotopic (exact) mass is 1060 g/mol. The predicted octanol–water partition coefficient (Wildman–Crippen LogP) is 8.14. The van der Waals surface area contributed by atoms with E-state index in [9.17, 15) is 45.2 Å². The van der Waals surface area contributed by atoms with Gasteiger partial charge in [-0.3, -0.25) is 28.3 Å². The van der Waals surface area contributed by atoms with Crippen LogP contribution in [0.4, 0.5) is 23.5 Å². The minimum atomic E-state index is -4.01. The van der Waals surface area contributed by atoms with Gasteiger partial charge < -0.3 is 20.4 Å². The molecule has 2 amide bonds. The lowest BCUT2D eigenvalue weighted by Crippen LogP contribution is -2.26. The third kappa shape index (κ3) is 12.0. The molecule has 0 saturated heterocycles. The van der Waals surface area contributed by atoms with Crippen LogP contribution >= 0.6 is 0 Å². The lowest BCUT2D eigenvalue weighted by molar-refractivity contribution is 0.0945. The summed E-state index contributed by atoms with van der Waals surface area (Å²) in [6.45, 7) is 9.98. The number of pyridine rings is 2. The van der Waals surface area contributed by atoms with Crippen LogP contribution in [0.1, 0.15) is 65.0 Å². The number of aryl methyl sites for hydroxylation is 2. The fourth-order valence-corrected chi connectivity index (χ4v) is 8.73. The van der Waals surface area contributed by atoms with Crippen LogP contribution < -0.4 is 26.7 Å². The Balaban J connectivity index is 0.000000222. The summed E-state index contributed by atoms with van der Waals surface area (Å²) in [4.78, 5) is 73.0. The molecule has 21 heteroatoms. The van der Waals surface area contributed by atoms with Crippen LogP contribution in [0.3, 0.4) is 0 Å². The quantitative estimate of drug-likeness (QED) is 0.0698. The van der Waals surface area contributed by atoms with Crippen molar-refractivity contribution in [2.24, 2.45) is 0 Å². The third-order valence-electron chi connectivity index (χ3n) is 12.1. The molecule has 16 nitrogen and oxygen atoms in total. The Morgan fingerprint density at radius 1 is 0.592 bits per heavy atom. The molecule has 0 unspecified atom stereocenters. The van der Waals surface area contributed by atoms with Crippen molar-refractivity contribution in [3.63, 3.8) is 0 Å². The molecule has 0 spiro atoms. The first kappa shape index (κ1) is 55.6. The van der Waals surface area contributed by atoms with Gasteiger partial charge in [0.1, 0.15) is 34.6 Å². The molecule has 76 heavy (non-hydrogen) atoms. The normalized spacial score (nSPS) is 11.4. The number of para-hydroxylation sites is 2. The van der Waals surface area contributed by atoms with Gasteiger partial charge in [-0.1, -0.05) is 38.1 Å². The number of hydrogen-bond donors (Lipinski definition) is 2.